The molecule has 0 fully saturated rings. The van der Waals surface area contributed by atoms with Crippen LogP contribution in [0.25, 0.3) is 0 Å². The highest BCUT2D eigenvalue weighted by Crippen LogP contribution is 2.20. The molecule has 0 aliphatic carbocycles. The van der Waals surface area contributed by atoms with Gasteiger partial charge in [-0.15, -0.1) is 0 Å². The second-order valence-electron chi connectivity index (χ2n) is 5.47. The van der Waals surface area contributed by atoms with Gasteiger partial charge in [-0.3, -0.25) is 0 Å². The van der Waals surface area contributed by atoms with Crippen LogP contribution in [0.2, 0.25) is 0 Å². The van der Waals surface area contributed by atoms with Gasteiger partial charge in [0.25, 0.3) is 5.72 Å². The molecule has 21 heavy (non-hydrogen) atoms. The number of carboxylic acid groups (broad SMARTS) is 1. The highest BCUT2D eigenvalue weighted by atomic mass is 16.6. The van der Waals surface area contributed by atoms with Gasteiger partial charge in [-0.25, -0.2) is 9.59 Å². The minimum absolute atomic E-state index is 0.00811. The molecule has 1 N–H and O–H groups in total. The average molecular weight is 293 g/mol. The van der Waals surface area contributed by atoms with E-state index in [2.05, 4.69) is 4.99 Å². The maximum absolute atomic E-state index is 11.5. The monoisotopic (exact) mass is 293 g/mol. The van der Waals surface area contributed by atoms with Crippen LogP contribution in [-0.4, -0.2) is 35.1 Å². The van der Waals surface area contributed by atoms with Crippen molar-refractivity contribution < 1.29 is 24.2 Å². The second-order valence-corrected chi connectivity index (χ2v) is 5.47. The Kier molecular flexibility index (Phi) is 5.79. The van der Waals surface area contributed by atoms with E-state index in [1.54, 1.807) is 45.0 Å². The highest BCUT2D eigenvalue weighted by molar-refractivity contribution is 5.78. The van der Waals surface area contributed by atoms with Gasteiger partial charge < -0.3 is 14.6 Å². The van der Waals surface area contributed by atoms with Gasteiger partial charge in [-0.1, -0.05) is 30.3 Å². The molecule has 0 saturated heterocycles. The van der Waals surface area contributed by atoms with E-state index in [-0.39, 0.29) is 13.2 Å². The van der Waals surface area contributed by atoms with E-state index >= 15 is 0 Å². The number of benzene rings is 1. The van der Waals surface area contributed by atoms with Crippen molar-refractivity contribution in [3.05, 3.63) is 35.9 Å². The lowest BCUT2D eigenvalue weighted by atomic mass is 10.1. The van der Waals surface area contributed by atoms with Crippen LogP contribution in [0.5, 0.6) is 0 Å². The van der Waals surface area contributed by atoms with Gasteiger partial charge in [0.2, 0.25) is 6.08 Å². The first-order valence-electron chi connectivity index (χ1n) is 6.43. The van der Waals surface area contributed by atoms with Crippen LogP contribution in [-0.2, 0) is 25.7 Å². The lowest BCUT2D eigenvalue weighted by molar-refractivity contribution is -0.183. The van der Waals surface area contributed by atoms with Crippen LogP contribution in [0.1, 0.15) is 26.3 Å². The quantitative estimate of drug-likeness (QED) is 0.615. The zero-order valence-electron chi connectivity index (χ0n) is 12.3. The van der Waals surface area contributed by atoms with Gasteiger partial charge in [-0.2, -0.15) is 4.99 Å². The third kappa shape index (κ3) is 5.47. The largest absolute Gasteiger partial charge is 0.478 e. The number of ether oxygens (including phenoxy) is 2. The molecular weight excluding hydrogens is 274 g/mol. The summed E-state index contributed by atoms with van der Waals surface area (Å²) < 4.78 is 10.8. The third-order valence-electron chi connectivity index (χ3n) is 2.58. The zero-order valence-corrected chi connectivity index (χ0v) is 12.3. The van der Waals surface area contributed by atoms with E-state index in [4.69, 9.17) is 9.47 Å². The lowest BCUT2D eigenvalue weighted by Gasteiger charge is -2.28. The van der Waals surface area contributed by atoms with Gasteiger partial charge >= 0.3 is 5.97 Å². The minimum Gasteiger partial charge on any atom is -0.478 e. The van der Waals surface area contributed by atoms with Gasteiger partial charge in [0, 0.05) is 0 Å². The van der Waals surface area contributed by atoms with E-state index in [0.29, 0.717) is 0 Å². The Morgan fingerprint density at radius 2 is 1.86 bits per heavy atom. The minimum atomic E-state index is -2.09. The maximum Gasteiger partial charge on any atom is 0.362 e. The Bertz CT molecular complexity index is 513. The molecule has 6 heteroatoms. The van der Waals surface area contributed by atoms with Crippen LogP contribution in [0.4, 0.5) is 0 Å². The Hall–Kier alpha value is -2.01. The molecule has 0 bridgehead atoms. The van der Waals surface area contributed by atoms with Gasteiger partial charge in [-0.05, 0) is 26.3 Å². The van der Waals surface area contributed by atoms with Crippen LogP contribution in [0.15, 0.2) is 35.3 Å². The lowest BCUT2D eigenvalue weighted by Crippen LogP contribution is -2.46. The molecule has 0 spiro atoms. The van der Waals surface area contributed by atoms with E-state index < -0.39 is 17.3 Å². The number of aliphatic imine (C=N–C) groups is 1. The molecule has 0 aromatic heterocycles. The van der Waals surface area contributed by atoms with Gasteiger partial charge in [0.15, 0.2) is 0 Å². The number of rotatable bonds is 7. The third-order valence-corrected chi connectivity index (χ3v) is 2.58. The van der Waals surface area contributed by atoms with Crippen molar-refractivity contribution in [1.82, 2.24) is 0 Å². The molecule has 114 valence electrons. The van der Waals surface area contributed by atoms with Crippen molar-refractivity contribution in [3.63, 3.8) is 0 Å². The topological polar surface area (TPSA) is 85.2 Å². The fraction of sp³-hybridized carbons (Fsp3) is 0.467. The number of carbonyl (C=O) groups excluding carboxylic acids is 1. The molecule has 0 amide bonds. The van der Waals surface area contributed by atoms with Crippen molar-refractivity contribution in [2.45, 2.75) is 38.7 Å². The molecular formula is C15H19NO5. The zero-order chi connectivity index (χ0) is 15.9. The van der Waals surface area contributed by atoms with Crippen molar-refractivity contribution in [2.24, 2.45) is 4.99 Å². The number of hydrogen-bond acceptors (Lipinski definition) is 5. The Morgan fingerprint density at radius 1 is 1.24 bits per heavy atom. The van der Waals surface area contributed by atoms with E-state index in [1.165, 1.54) is 6.08 Å². The van der Waals surface area contributed by atoms with Crippen LogP contribution in [0, 0.1) is 0 Å². The van der Waals surface area contributed by atoms with Gasteiger partial charge in [0.05, 0.1) is 12.2 Å². The molecule has 6 nitrogen and oxygen atoms in total. The Morgan fingerprint density at radius 3 is 2.33 bits per heavy atom. The Balaban J connectivity index is 2.90. The van der Waals surface area contributed by atoms with E-state index in [9.17, 15) is 14.7 Å². The van der Waals surface area contributed by atoms with Crippen molar-refractivity contribution >= 4 is 12.0 Å². The van der Waals surface area contributed by atoms with Crippen molar-refractivity contribution in [2.75, 3.05) is 6.61 Å². The first-order chi connectivity index (χ1) is 9.79. The number of nitrogens with zero attached hydrogens (tertiary/aromatic N) is 1. The number of carbonyl (C=O) groups is 1. The summed E-state index contributed by atoms with van der Waals surface area (Å²) in [5, 5.41) is 9.35. The molecule has 0 saturated carbocycles. The summed E-state index contributed by atoms with van der Waals surface area (Å²) in [5.41, 5.74) is -1.92. The number of carboxylic acids is 1. The summed E-state index contributed by atoms with van der Waals surface area (Å²) in [6.07, 6.45) is 1.25. The molecule has 0 aliphatic heterocycles. The summed E-state index contributed by atoms with van der Waals surface area (Å²) in [4.78, 5) is 25.4. The smallest absolute Gasteiger partial charge is 0.362 e. The van der Waals surface area contributed by atoms with Crippen molar-refractivity contribution in [3.8, 4) is 0 Å². The maximum atomic E-state index is 11.5. The number of isocyanates is 1. The van der Waals surface area contributed by atoms with Crippen LogP contribution < -0.4 is 0 Å². The predicted octanol–water partition coefficient (Wildman–Crippen LogP) is 2.13. The van der Waals surface area contributed by atoms with Crippen LogP contribution >= 0.6 is 0 Å². The first-order valence-corrected chi connectivity index (χ1v) is 6.43. The summed E-state index contributed by atoms with van der Waals surface area (Å²) in [6, 6.07) is 9.00. The molecule has 1 aromatic rings. The van der Waals surface area contributed by atoms with Crippen LogP contribution in [0.3, 0.4) is 0 Å². The summed E-state index contributed by atoms with van der Waals surface area (Å²) in [5.74, 6) is -1.40. The summed E-state index contributed by atoms with van der Waals surface area (Å²) >= 11 is 0. The second kappa shape index (κ2) is 7.13. The predicted molar refractivity (Wildman–Crippen MR) is 75.4 cm³/mol. The van der Waals surface area contributed by atoms with Gasteiger partial charge in [0.1, 0.15) is 6.61 Å². The summed E-state index contributed by atoms with van der Waals surface area (Å²) in [6.45, 7) is 4.91. The molecule has 0 heterocycles. The molecule has 1 atom stereocenters. The fourth-order valence-electron chi connectivity index (χ4n) is 1.44. The molecule has 1 aromatic carbocycles. The van der Waals surface area contributed by atoms with E-state index in [0.717, 1.165) is 5.56 Å². The fourth-order valence-corrected chi connectivity index (χ4v) is 1.44. The highest BCUT2D eigenvalue weighted by Gasteiger charge is 2.42. The number of hydrogen-bond donors (Lipinski definition) is 1. The van der Waals surface area contributed by atoms with E-state index in [1.807, 2.05) is 6.07 Å². The normalized spacial score (nSPS) is 14.0. The average Bonchev–Trinajstić information content (AvgIpc) is 2.42. The molecule has 0 aliphatic rings. The summed E-state index contributed by atoms with van der Waals surface area (Å²) in [7, 11) is 0. The molecule has 0 radical (unpaired) electrons. The first kappa shape index (κ1) is 17.0. The standard InChI is InChI=1S/C15H19NO5/c1-14(2,3)21-10-15(13(18)19,16-11-17)20-9-12-7-5-4-6-8-12/h4-8H,9-10H2,1-3H3,(H,18,19)/t15-/m0/s1. The molecule has 1 rings (SSSR count). The Labute approximate surface area is 123 Å². The van der Waals surface area contributed by atoms with Crippen molar-refractivity contribution in [1.29, 1.82) is 0 Å². The number of aliphatic carboxylic acids is 1. The SMILES string of the molecule is CC(C)(C)OC[C@](N=C=O)(OCc1ccccc1)C(=O)O. The molecule has 0 unspecified atom stereocenters.